The fourth-order valence-corrected chi connectivity index (χ4v) is 2.96. The minimum atomic E-state index is -0.403. The molecule has 0 aliphatic carbocycles. The monoisotopic (exact) mass is 445 g/mol. The van der Waals surface area contributed by atoms with Gasteiger partial charge in [-0.25, -0.2) is 0 Å². The zero-order valence-corrected chi connectivity index (χ0v) is 16.4. The first-order valence-electron chi connectivity index (χ1n) is 8.11. The number of nitrogens with zero attached hydrogens (tertiary/aromatic N) is 2. The van der Waals surface area contributed by atoms with Gasteiger partial charge in [-0.2, -0.15) is 5.26 Å². The SMILES string of the molecule is CCN(CC)c1ccc(/C=C(\C#N)C(=O)Nc2ccccc2I)cc1. The van der Waals surface area contributed by atoms with E-state index in [0.29, 0.717) is 5.69 Å². The van der Waals surface area contributed by atoms with Gasteiger partial charge < -0.3 is 10.2 Å². The fourth-order valence-electron chi connectivity index (χ4n) is 2.44. The molecule has 1 amide bonds. The van der Waals surface area contributed by atoms with Crippen molar-refractivity contribution in [2.45, 2.75) is 13.8 Å². The number of nitrogens with one attached hydrogen (secondary N) is 1. The van der Waals surface area contributed by atoms with Crippen molar-refractivity contribution in [3.8, 4) is 6.07 Å². The third-order valence-electron chi connectivity index (χ3n) is 3.82. The third kappa shape index (κ3) is 5.07. The van der Waals surface area contributed by atoms with Crippen molar-refractivity contribution in [3.05, 3.63) is 63.2 Å². The van der Waals surface area contributed by atoms with Gasteiger partial charge in [-0.1, -0.05) is 24.3 Å². The summed E-state index contributed by atoms with van der Waals surface area (Å²) >= 11 is 2.15. The second-order valence-electron chi connectivity index (χ2n) is 5.37. The van der Waals surface area contributed by atoms with Gasteiger partial charge in [0.25, 0.3) is 5.91 Å². The molecule has 5 heteroatoms. The Morgan fingerprint density at radius 1 is 1.16 bits per heavy atom. The molecule has 2 aromatic carbocycles. The van der Waals surface area contributed by atoms with E-state index in [-0.39, 0.29) is 5.57 Å². The molecule has 0 aliphatic heterocycles. The molecule has 2 aromatic rings. The second-order valence-corrected chi connectivity index (χ2v) is 6.53. The van der Waals surface area contributed by atoms with Crippen LogP contribution in [0.1, 0.15) is 19.4 Å². The predicted octanol–water partition coefficient (Wildman–Crippen LogP) is 4.68. The van der Waals surface area contributed by atoms with E-state index in [4.69, 9.17) is 0 Å². The molecule has 0 heterocycles. The Labute approximate surface area is 162 Å². The van der Waals surface area contributed by atoms with Crippen LogP contribution in [0.3, 0.4) is 0 Å². The number of benzene rings is 2. The van der Waals surface area contributed by atoms with Crippen LogP contribution in [-0.4, -0.2) is 19.0 Å². The summed E-state index contributed by atoms with van der Waals surface area (Å²) in [5, 5.41) is 12.1. The number of hydrogen-bond acceptors (Lipinski definition) is 3. The molecule has 0 aromatic heterocycles. The van der Waals surface area contributed by atoms with Crippen molar-refractivity contribution < 1.29 is 4.79 Å². The topological polar surface area (TPSA) is 56.1 Å². The van der Waals surface area contributed by atoms with Gasteiger partial charge in [0.05, 0.1) is 5.69 Å². The van der Waals surface area contributed by atoms with E-state index < -0.39 is 5.91 Å². The standard InChI is InChI=1S/C20H20IN3O/c1-3-24(4-2)17-11-9-15(10-12-17)13-16(14-22)20(25)23-19-8-6-5-7-18(19)21/h5-13H,3-4H2,1-2H3,(H,23,25)/b16-13+. The Bertz CT molecular complexity index is 802. The largest absolute Gasteiger partial charge is 0.372 e. The molecule has 0 radical (unpaired) electrons. The Morgan fingerprint density at radius 2 is 1.80 bits per heavy atom. The van der Waals surface area contributed by atoms with Gasteiger partial charge in [0.15, 0.2) is 0 Å². The van der Waals surface area contributed by atoms with Crippen LogP contribution in [0.15, 0.2) is 54.1 Å². The lowest BCUT2D eigenvalue weighted by Gasteiger charge is -2.20. The van der Waals surface area contributed by atoms with Crippen LogP contribution in [0.2, 0.25) is 0 Å². The molecular weight excluding hydrogens is 425 g/mol. The van der Waals surface area contributed by atoms with E-state index in [1.165, 1.54) is 0 Å². The lowest BCUT2D eigenvalue weighted by Crippen LogP contribution is -2.21. The number of hydrogen-bond donors (Lipinski definition) is 1. The van der Waals surface area contributed by atoms with Crippen molar-refractivity contribution in [2.75, 3.05) is 23.3 Å². The predicted molar refractivity (Wildman–Crippen MR) is 111 cm³/mol. The number of rotatable bonds is 6. The number of para-hydroxylation sites is 1. The van der Waals surface area contributed by atoms with E-state index in [0.717, 1.165) is 27.9 Å². The van der Waals surface area contributed by atoms with Gasteiger partial charge in [0, 0.05) is 22.3 Å². The van der Waals surface area contributed by atoms with Crippen LogP contribution in [0.25, 0.3) is 6.08 Å². The molecule has 0 unspecified atom stereocenters. The van der Waals surface area contributed by atoms with Gasteiger partial charge in [-0.15, -0.1) is 0 Å². The molecule has 4 nitrogen and oxygen atoms in total. The molecule has 0 atom stereocenters. The number of amides is 1. The summed E-state index contributed by atoms with van der Waals surface area (Å²) in [5.41, 5.74) is 2.73. The molecule has 1 N–H and O–H groups in total. The summed E-state index contributed by atoms with van der Waals surface area (Å²) in [6, 6.07) is 17.3. The van der Waals surface area contributed by atoms with Crippen molar-refractivity contribution in [1.82, 2.24) is 0 Å². The van der Waals surface area contributed by atoms with Crippen LogP contribution < -0.4 is 10.2 Å². The average molecular weight is 445 g/mol. The van der Waals surface area contributed by atoms with E-state index in [1.807, 2.05) is 54.6 Å². The second kappa shape index (κ2) is 9.23. The molecule has 0 aliphatic rings. The zero-order valence-electron chi connectivity index (χ0n) is 14.3. The van der Waals surface area contributed by atoms with E-state index in [2.05, 4.69) is 46.7 Å². The molecule has 0 saturated carbocycles. The Hall–Kier alpha value is -2.33. The number of carbonyl (C=O) groups is 1. The summed E-state index contributed by atoms with van der Waals surface area (Å²) in [6.45, 7) is 6.10. The molecular formula is C20H20IN3O. The number of halogens is 1. The Balaban J connectivity index is 2.18. The Morgan fingerprint density at radius 3 is 2.36 bits per heavy atom. The van der Waals surface area contributed by atoms with E-state index in [9.17, 15) is 10.1 Å². The summed E-state index contributed by atoms with van der Waals surface area (Å²) in [7, 11) is 0. The molecule has 0 spiro atoms. The van der Waals surface area contributed by atoms with Gasteiger partial charge >= 0.3 is 0 Å². The molecule has 128 valence electrons. The summed E-state index contributed by atoms with van der Waals surface area (Å²) < 4.78 is 0.925. The summed E-state index contributed by atoms with van der Waals surface area (Å²) in [6.07, 6.45) is 1.61. The van der Waals surface area contributed by atoms with Crippen molar-refractivity contribution in [3.63, 3.8) is 0 Å². The number of anilines is 2. The van der Waals surface area contributed by atoms with Crippen molar-refractivity contribution in [2.24, 2.45) is 0 Å². The van der Waals surface area contributed by atoms with Crippen LogP contribution >= 0.6 is 22.6 Å². The van der Waals surface area contributed by atoms with Crippen LogP contribution in [0, 0.1) is 14.9 Å². The van der Waals surface area contributed by atoms with Gasteiger partial charge in [-0.05, 0) is 72.3 Å². The first kappa shape index (κ1) is 19.0. The summed E-state index contributed by atoms with van der Waals surface area (Å²) in [5.74, 6) is -0.403. The molecule has 25 heavy (non-hydrogen) atoms. The quantitative estimate of drug-likeness (QED) is 0.399. The smallest absolute Gasteiger partial charge is 0.266 e. The van der Waals surface area contributed by atoms with Crippen molar-refractivity contribution in [1.29, 1.82) is 5.26 Å². The lowest BCUT2D eigenvalue weighted by atomic mass is 10.1. The first-order chi connectivity index (χ1) is 12.1. The maximum Gasteiger partial charge on any atom is 0.266 e. The highest BCUT2D eigenvalue weighted by atomic mass is 127. The number of carbonyl (C=O) groups excluding carboxylic acids is 1. The molecule has 0 bridgehead atoms. The number of nitriles is 1. The van der Waals surface area contributed by atoms with Gasteiger partial charge in [0.2, 0.25) is 0 Å². The average Bonchev–Trinajstić information content (AvgIpc) is 2.63. The fraction of sp³-hybridized carbons (Fsp3) is 0.200. The summed E-state index contributed by atoms with van der Waals surface area (Å²) in [4.78, 5) is 14.6. The highest BCUT2D eigenvalue weighted by Crippen LogP contribution is 2.19. The zero-order chi connectivity index (χ0) is 18.2. The highest BCUT2D eigenvalue weighted by Gasteiger charge is 2.11. The minimum absolute atomic E-state index is 0.0789. The highest BCUT2D eigenvalue weighted by molar-refractivity contribution is 14.1. The van der Waals surface area contributed by atoms with Gasteiger partial charge in [-0.3, -0.25) is 4.79 Å². The van der Waals surface area contributed by atoms with Crippen LogP contribution in [0.4, 0.5) is 11.4 Å². The first-order valence-corrected chi connectivity index (χ1v) is 9.19. The van der Waals surface area contributed by atoms with E-state index >= 15 is 0 Å². The maximum atomic E-state index is 12.4. The normalized spacial score (nSPS) is 10.9. The van der Waals surface area contributed by atoms with Crippen LogP contribution in [-0.2, 0) is 4.79 Å². The molecule has 0 fully saturated rings. The lowest BCUT2D eigenvalue weighted by molar-refractivity contribution is -0.112. The van der Waals surface area contributed by atoms with Crippen molar-refractivity contribution >= 4 is 45.9 Å². The molecule has 2 rings (SSSR count). The van der Waals surface area contributed by atoms with Crippen LogP contribution in [0.5, 0.6) is 0 Å². The van der Waals surface area contributed by atoms with Gasteiger partial charge in [0.1, 0.15) is 11.6 Å². The maximum absolute atomic E-state index is 12.4. The van der Waals surface area contributed by atoms with E-state index in [1.54, 1.807) is 6.08 Å². The third-order valence-corrected chi connectivity index (χ3v) is 4.76. The minimum Gasteiger partial charge on any atom is -0.372 e. The Kier molecular flexibility index (Phi) is 7.02. The molecule has 0 saturated heterocycles.